The van der Waals surface area contributed by atoms with E-state index in [1.54, 1.807) is 6.07 Å². The number of aromatic nitrogens is 1. The van der Waals surface area contributed by atoms with Crippen molar-refractivity contribution in [2.45, 2.75) is 17.7 Å². The SMILES string of the molecule is O=C1CCc2c1cc(-c1ccccc1F)n2S(=O)(=O)c1cccc(O)c1. The van der Waals surface area contributed by atoms with Gasteiger partial charge in [-0.3, -0.25) is 4.79 Å². The number of fused-ring (bicyclic) bond motifs is 1. The number of phenolic OH excluding ortho intramolecular Hbond substituents is 1. The highest BCUT2D eigenvalue weighted by atomic mass is 32.2. The third kappa shape index (κ3) is 2.43. The second-order valence-corrected chi connectivity index (χ2v) is 7.85. The standard InChI is InChI=1S/C19H14FNO4S/c20-16-7-2-1-6-14(16)18-11-15-17(8-9-19(15)23)21(18)26(24,25)13-5-3-4-12(22)10-13/h1-7,10-11,22H,8-9H2. The number of halogens is 1. The van der Waals surface area contributed by atoms with Gasteiger partial charge in [0.15, 0.2) is 5.78 Å². The molecule has 1 aliphatic rings. The topological polar surface area (TPSA) is 76.4 Å². The highest BCUT2D eigenvalue weighted by Gasteiger charge is 2.33. The first-order valence-electron chi connectivity index (χ1n) is 7.97. The number of benzene rings is 2. The van der Waals surface area contributed by atoms with Crippen LogP contribution in [0.4, 0.5) is 4.39 Å². The van der Waals surface area contributed by atoms with Crippen molar-refractivity contribution in [2.24, 2.45) is 0 Å². The second kappa shape index (κ2) is 5.81. The average molecular weight is 371 g/mol. The molecule has 0 aliphatic heterocycles. The quantitative estimate of drug-likeness (QED) is 0.766. The van der Waals surface area contributed by atoms with Crippen molar-refractivity contribution < 1.29 is 22.7 Å². The number of rotatable bonds is 3. The number of hydrogen-bond acceptors (Lipinski definition) is 4. The molecule has 1 heterocycles. The van der Waals surface area contributed by atoms with Gasteiger partial charge < -0.3 is 5.11 Å². The summed E-state index contributed by atoms with van der Waals surface area (Å²) < 4.78 is 41.8. The summed E-state index contributed by atoms with van der Waals surface area (Å²) in [6.45, 7) is 0. The van der Waals surface area contributed by atoms with Crippen LogP contribution >= 0.6 is 0 Å². The number of carbonyl (C=O) groups excluding carboxylic acids is 1. The van der Waals surface area contributed by atoms with Crippen LogP contribution < -0.4 is 0 Å². The zero-order valence-corrected chi connectivity index (χ0v) is 14.3. The molecule has 132 valence electrons. The predicted molar refractivity (Wildman–Crippen MR) is 93.2 cm³/mol. The zero-order valence-electron chi connectivity index (χ0n) is 13.5. The third-order valence-electron chi connectivity index (χ3n) is 4.45. The van der Waals surface area contributed by atoms with Crippen LogP contribution in [0.3, 0.4) is 0 Å². The van der Waals surface area contributed by atoms with Crippen LogP contribution in [0.25, 0.3) is 11.3 Å². The van der Waals surface area contributed by atoms with Gasteiger partial charge in [-0.1, -0.05) is 18.2 Å². The van der Waals surface area contributed by atoms with Gasteiger partial charge in [0.2, 0.25) is 0 Å². The highest BCUT2D eigenvalue weighted by molar-refractivity contribution is 7.90. The van der Waals surface area contributed by atoms with E-state index in [4.69, 9.17) is 0 Å². The molecule has 26 heavy (non-hydrogen) atoms. The van der Waals surface area contributed by atoms with E-state index in [9.17, 15) is 22.7 Å². The number of phenols is 1. The van der Waals surface area contributed by atoms with Crippen LogP contribution in [0.5, 0.6) is 5.75 Å². The monoisotopic (exact) mass is 371 g/mol. The summed E-state index contributed by atoms with van der Waals surface area (Å²) >= 11 is 0. The molecule has 0 saturated heterocycles. The van der Waals surface area contributed by atoms with Gasteiger partial charge in [-0.15, -0.1) is 0 Å². The van der Waals surface area contributed by atoms with Crippen molar-refractivity contribution in [3.63, 3.8) is 0 Å². The fourth-order valence-electron chi connectivity index (χ4n) is 3.26. The minimum atomic E-state index is -4.12. The number of nitrogens with zero attached hydrogens (tertiary/aromatic N) is 1. The van der Waals surface area contributed by atoms with Gasteiger partial charge in [0.05, 0.1) is 10.6 Å². The maximum absolute atomic E-state index is 14.3. The van der Waals surface area contributed by atoms with Crippen LogP contribution in [0.2, 0.25) is 0 Å². The van der Waals surface area contributed by atoms with Crippen LogP contribution in [-0.4, -0.2) is 23.3 Å². The summed E-state index contributed by atoms with van der Waals surface area (Å²) in [6, 6.07) is 12.5. The van der Waals surface area contributed by atoms with Crippen LogP contribution in [-0.2, 0) is 16.4 Å². The van der Waals surface area contributed by atoms with Crippen molar-refractivity contribution in [3.8, 4) is 17.0 Å². The van der Waals surface area contributed by atoms with Crippen molar-refractivity contribution in [3.05, 3.63) is 71.7 Å². The van der Waals surface area contributed by atoms with Crippen LogP contribution in [0, 0.1) is 5.82 Å². The molecule has 0 unspecified atom stereocenters. The fraction of sp³-hybridized carbons (Fsp3) is 0.105. The normalized spacial score (nSPS) is 13.8. The molecule has 0 saturated carbocycles. The molecule has 2 aromatic carbocycles. The van der Waals surface area contributed by atoms with Gasteiger partial charge in [0, 0.05) is 29.3 Å². The van der Waals surface area contributed by atoms with E-state index in [1.165, 1.54) is 42.5 Å². The molecule has 4 rings (SSSR count). The molecule has 1 aromatic heterocycles. The predicted octanol–water partition coefficient (Wildman–Crippen LogP) is 3.37. The van der Waals surface area contributed by atoms with Crippen molar-refractivity contribution in [1.82, 2.24) is 3.97 Å². The minimum absolute atomic E-state index is 0.0958. The van der Waals surface area contributed by atoms with Gasteiger partial charge in [-0.25, -0.2) is 16.8 Å². The first-order chi connectivity index (χ1) is 12.4. The summed E-state index contributed by atoms with van der Waals surface area (Å²) in [4.78, 5) is 12.0. The summed E-state index contributed by atoms with van der Waals surface area (Å²) in [5, 5.41) is 9.65. The Morgan fingerprint density at radius 2 is 1.73 bits per heavy atom. The molecule has 0 atom stereocenters. The van der Waals surface area contributed by atoms with Crippen molar-refractivity contribution >= 4 is 15.8 Å². The number of Topliss-reactive ketones (excluding diaryl/α,β-unsaturated/α-hetero) is 1. The zero-order chi connectivity index (χ0) is 18.5. The van der Waals surface area contributed by atoms with E-state index in [1.807, 2.05) is 0 Å². The number of aromatic hydroxyl groups is 1. The Balaban J connectivity index is 2.04. The summed E-state index contributed by atoms with van der Waals surface area (Å²) in [7, 11) is -4.12. The largest absolute Gasteiger partial charge is 0.508 e. The third-order valence-corrected chi connectivity index (χ3v) is 6.20. The maximum atomic E-state index is 14.3. The van der Waals surface area contributed by atoms with Crippen LogP contribution in [0.1, 0.15) is 22.5 Å². The molecule has 1 aliphatic carbocycles. The molecule has 0 spiro atoms. The lowest BCUT2D eigenvalue weighted by atomic mass is 10.1. The molecule has 1 N–H and O–H groups in total. The van der Waals surface area contributed by atoms with Gasteiger partial charge in [0.1, 0.15) is 11.6 Å². The van der Waals surface area contributed by atoms with Crippen LogP contribution in [0.15, 0.2) is 59.5 Å². The lowest BCUT2D eigenvalue weighted by molar-refractivity contribution is 0.0994. The van der Waals surface area contributed by atoms with Gasteiger partial charge in [-0.05, 0) is 36.8 Å². The van der Waals surface area contributed by atoms with E-state index < -0.39 is 15.8 Å². The smallest absolute Gasteiger partial charge is 0.268 e. The Morgan fingerprint density at radius 1 is 0.962 bits per heavy atom. The van der Waals surface area contributed by atoms with Crippen molar-refractivity contribution in [2.75, 3.05) is 0 Å². The van der Waals surface area contributed by atoms with E-state index in [0.717, 1.165) is 10.0 Å². The lowest BCUT2D eigenvalue weighted by Gasteiger charge is -2.14. The number of ketones is 1. The Kier molecular flexibility index (Phi) is 3.69. The average Bonchev–Trinajstić information content (AvgIpc) is 3.15. The molecular formula is C19H14FNO4S. The molecule has 0 fully saturated rings. The summed E-state index contributed by atoms with van der Waals surface area (Å²) in [5.41, 5.74) is 0.839. The van der Waals surface area contributed by atoms with Gasteiger partial charge in [0.25, 0.3) is 10.0 Å². The Bertz CT molecular complexity index is 1150. The first-order valence-corrected chi connectivity index (χ1v) is 9.41. The van der Waals surface area contributed by atoms with E-state index in [2.05, 4.69) is 0 Å². The first kappa shape index (κ1) is 16.5. The van der Waals surface area contributed by atoms with Crippen molar-refractivity contribution in [1.29, 1.82) is 0 Å². The van der Waals surface area contributed by atoms with E-state index in [-0.39, 0.29) is 40.5 Å². The highest BCUT2D eigenvalue weighted by Crippen LogP contribution is 2.36. The van der Waals surface area contributed by atoms with E-state index >= 15 is 0 Å². The summed E-state index contributed by atoms with van der Waals surface area (Å²) in [5.74, 6) is -0.940. The Morgan fingerprint density at radius 3 is 2.46 bits per heavy atom. The fourth-order valence-corrected chi connectivity index (χ4v) is 4.88. The maximum Gasteiger partial charge on any atom is 0.268 e. The minimum Gasteiger partial charge on any atom is -0.508 e. The molecule has 0 amide bonds. The summed E-state index contributed by atoms with van der Waals surface area (Å²) in [6.07, 6.45) is 0.485. The van der Waals surface area contributed by atoms with E-state index in [0.29, 0.717) is 11.3 Å². The lowest BCUT2D eigenvalue weighted by Crippen LogP contribution is -2.17. The molecular weight excluding hydrogens is 357 g/mol. The number of carbonyl (C=O) groups is 1. The molecule has 3 aromatic rings. The second-order valence-electron chi connectivity index (χ2n) is 6.06. The molecule has 0 radical (unpaired) electrons. The Labute approximate surface area is 149 Å². The molecule has 7 heteroatoms. The molecule has 0 bridgehead atoms. The number of hydrogen-bond donors (Lipinski definition) is 1. The van der Waals surface area contributed by atoms with Gasteiger partial charge >= 0.3 is 0 Å². The van der Waals surface area contributed by atoms with Gasteiger partial charge in [-0.2, -0.15) is 0 Å². The Hall–Kier alpha value is -2.93. The molecule has 5 nitrogen and oxygen atoms in total.